The highest BCUT2D eigenvalue weighted by Crippen LogP contribution is 2.44. The van der Waals surface area contributed by atoms with Crippen molar-refractivity contribution in [3.05, 3.63) is 60.2 Å². The topological polar surface area (TPSA) is 70.6 Å². The van der Waals surface area contributed by atoms with Crippen molar-refractivity contribution in [2.45, 2.75) is 25.9 Å². The van der Waals surface area contributed by atoms with E-state index >= 15 is 0 Å². The number of nitrogens with one attached hydrogen (secondary N) is 2. The number of urea groups is 1. The van der Waals surface area contributed by atoms with Crippen molar-refractivity contribution in [3.8, 4) is 5.75 Å². The van der Waals surface area contributed by atoms with E-state index in [1.54, 1.807) is 0 Å². The monoisotopic (exact) mass is 340 g/mol. The highest BCUT2D eigenvalue weighted by atomic mass is 16.5. The van der Waals surface area contributed by atoms with Gasteiger partial charge in [-0.1, -0.05) is 42.5 Å². The molecule has 0 aromatic heterocycles. The molecule has 1 aliphatic rings. The number of carbonyl (C=O) groups excluding carboxylic acids is 1. The van der Waals surface area contributed by atoms with E-state index in [1.165, 1.54) is 0 Å². The van der Waals surface area contributed by atoms with Crippen LogP contribution in [-0.4, -0.2) is 24.3 Å². The van der Waals surface area contributed by atoms with E-state index < -0.39 is 0 Å². The minimum Gasteiger partial charge on any atom is -0.484 e. The maximum absolute atomic E-state index is 12.2. The average Bonchev–Trinajstić information content (AvgIpc) is 3.43. The Morgan fingerprint density at radius 1 is 1.16 bits per heavy atom. The van der Waals surface area contributed by atoms with E-state index in [4.69, 9.17) is 4.74 Å². The molecule has 2 amide bonds. The first-order valence-corrected chi connectivity index (χ1v) is 8.58. The zero-order chi connectivity index (χ0) is 17.7. The predicted molar refractivity (Wildman–Crippen MR) is 97.7 cm³/mol. The summed E-state index contributed by atoms with van der Waals surface area (Å²) in [5, 5.41) is 15.0. The van der Waals surface area contributed by atoms with Crippen LogP contribution in [0.5, 0.6) is 5.75 Å². The third kappa shape index (κ3) is 4.51. The van der Waals surface area contributed by atoms with Gasteiger partial charge in [0.15, 0.2) is 0 Å². The first kappa shape index (κ1) is 17.3. The molecule has 2 aromatic carbocycles. The zero-order valence-corrected chi connectivity index (χ0v) is 14.4. The van der Waals surface area contributed by atoms with Crippen molar-refractivity contribution in [1.29, 1.82) is 0 Å². The van der Waals surface area contributed by atoms with Crippen molar-refractivity contribution >= 4 is 11.7 Å². The number of hydrogen-bond donors (Lipinski definition) is 3. The molecule has 3 rings (SSSR count). The van der Waals surface area contributed by atoms with Crippen LogP contribution in [0.2, 0.25) is 0 Å². The molecule has 1 saturated carbocycles. The summed E-state index contributed by atoms with van der Waals surface area (Å²) in [5.74, 6) is 0.622. The number of hydrogen-bond acceptors (Lipinski definition) is 3. The predicted octanol–water partition coefficient (Wildman–Crippen LogP) is 3.72. The molecule has 0 heterocycles. The van der Waals surface area contributed by atoms with Gasteiger partial charge in [0.25, 0.3) is 0 Å². The number of aliphatic hydroxyl groups is 1. The largest absolute Gasteiger partial charge is 0.484 e. The highest BCUT2D eigenvalue weighted by Gasteiger charge is 2.42. The van der Waals surface area contributed by atoms with E-state index in [9.17, 15) is 9.90 Å². The minimum atomic E-state index is -0.289. The fourth-order valence-electron chi connectivity index (χ4n) is 2.66. The van der Waals surface area contributed by atoms with Gasteiger partial charge >= 0.3 is 6.03 Å². The normalized spacial score (nSPS) is 15.9. The molecule has 3 N–H and O–H groups in total. The molecule has 1 fully saturated rings. The lowest BCUT2D eigenvalue weighted by Crippen LogP contribution is -2.35. The Morgan fingerprint density at radius 3 is 2.52 bits per heavy atom. The van der Waals surface area contributed by atoms with E-state index in [1.807, 2.05) is 61.5 Å². The molecule has 5 heteroatoms. The first-order valence-electron chi connectivity index (χ1n) is 8.58. The van der Waals surface area contributed by atoms with Gasteiger partial charge in [0.2, 0.25) is 0 Å². The Bertz CT molecular complexity index is 714. The van der Waals surface area contributed by atoms with Crippen molar-refractivity contribution in [1.82, 2.24) is 5.32 Å². The SMILES string of the molecule is CC(Oc1ccccc1NC(=O)NCC1(CO)CC1)c1ccccc1. The molecule has 0 bridgehead atoms. The number of benzene rings is 2. The summed E-state index contributed by atoms with van der Waals surface area (Å²) in [6.07, 6.45) is 1.78. The summed E-state index contributed by atoms with van der Waals surface area (Å²) in [6.45, 7) is 2.57. The van der Waals surface area contributed by atoms with Gasteiger partial charge in [-0.2, -0.15) is 0 Å². The lowest BCUT2D eigenvalue weighted by molar-refractivity contribution is 0.205. The summed E-state index contributed by atoms with van der Waals surface area (Å²) in [6, 6.07) is 17.0. The number of anilines is 1. The number of aliphatic hydroxyl groups excluding tert-OH is 1. The van der Waals surface area contributed by atoms with Gasteiger partial charge in [0, 0.05) is 12.0 Å². The summed E-state index contributed by atoms with van der Waals surface area (Å²) in [5.41, 5.74) is 1.58. The second-order valence-electron chi connectivity index (χ2n) is 6.63. The third-order valence-electron chi connectivity index (χ3n) is 4.62. The lowest BCUT2D eigenvalue weighted by atomic mass is 10.1. The maximum atomic E-state index is 12.2. The number of rotatable bonds is 7. The second-order valence-corrected chi connectivity index (χ2v) is 6.63. The van der Waals surface area contributed by atoms with Crippen LogP contribution in [0, 0.1) is 5.41 Å². The van der Waals surface area contributed by atoms with Gasteiger partial charge in [-0.25, -0.2) is 4.79 Å². The minimum absolute atomic E-state index is 0.113. The molecule has 25 heavy (non-hydrogen) atoms. The van der Waals surface area contributed by atoms with Crippen LogP contribution in [0.1, 0.15) is 31.4 Å². The number of amides is 2. The molecule has 0 aliphatic heterocycles. The highest BCUT2D eigenvalue weighted by molar-refractivity contribution is 5.90. The molecular formula is C20H24N2O3. The van der Waals surface area contributed by atoms with Crippen molar-refractivity contribution in [2.24, 2.45) is 5.41 Å². The standard InChI is InChI=1S/C20H24N2O3/c1-15(16-7-3-2-4-8-16)25-18-10-6-5-9-17(18)22-19(24)21-13-20(14-23)11-12-20/h2-10,15,23H,11-14H2,1H3,(H2,21,22,24). The molecule has 132 valence electrons. The Kier molecular flexibility index (Phi) is 5.24. The van der Waals surface area contributed by atoms with Crippen molar-refractivity contribution in [2.75, 3.05) is 18.5 Å². The summed E-state index contributed by atoms with van der Waals surface area (Å²) in [4.78, 5) is 12.2. The fourth-order valence-corrected chi connectivity index (χ4v) is 2.66. The average molecular weight is 340 g/mol. The van der Waals surface area contributed by atoms with Gasteiger partial charge in [-0.3, -0.25) is 0 Å². The third-order valence-corrected chi connectivity index (χ3v) is 4.62. The van der Waals surface area contributed by atoms with Gasteiger partial charge in [-0.15, -0.1) is 0 Å². The Balaban J connectivity index is 1.61. The van der Waals surface area contributed by atoms with Crippen LogP contribution in [0.15, 0.2) is 54.6 Å². The molecule has 0 saturated heterocycles. The fraction of sp³-hybridized carbons (Fsp3) is 0.350. The lowest BCUT2D eigenvalue weighted by Gasteiger charge is -2.19. The summed E-state index contributed by atoms with van der Waals surface area (Å²) >= 11 is 0. The molecule has 0 radical (unpaired) electrons. The molecular weight excluding hydrogens is 316 g/mol. The Labute approximate surface area is 148 Å². The molecule has 0 spiro atoms. The second kappa shape index (κ2) is 7.57. The summed E-state index contributed by atoms with van der Waals surface area (Å²) < 4.78 is 6.03. The van der Waals surface area contributed by atoms with Gasteiger partial charge in [0.05, 0.1) is 12.3 Å². The number of ether oxygens (including phenoxy) is 1. The molecule has 1 unspecified atom stereocenters. The van der Waals surface area contributed by atoms with E-state index in [0.29, 0.717) is 18.0 Å². The van der Waals surface area contributed by atoms with Gasteiger partial charge in [-0.05, 0) is 37.5 Å². The quantitative estimate of drug-likeness (QED) is 0.719. The maximum Gasteiger partial charge on any atom is 0.319 e. The number of carbonyl (C=O) groups is 1. The van der Waals surface area contributed by atoms with Crippen LogP contribution in [0.25, 0.3) is 0 Å². The molecule has 5 nitrogen and oxygen atoms in total. The van der Waals surface area contributed by atoms with Crippen LogP contribution < -0.4 is 15.4 Å². The Hall–Kier alpha value is -2.53. The van der Waals surface area contributed by atoms with Crippen LogP contribution in [0.4, 0.5) is 10.5 Å². The van der Waals surface area contributed by atoms with Crippen LogP contribution >= 0.6 is 0 Å². The van der Waals surface area contributed by atoms with Crippen LogP contribution in [-0.2, 0) is 0 Å². The Morgan fingerprint density at radius 2 is 1.84 bits per heavy atom. The van der Waals surface area contributed by atoms with Crippen molar-refractivity contribution in [3.63, 3.8) is 0 Å². The van der Waals surface area contributed by atoms with E-state index in [0.717, 1.165) is 18.4 Å². The smallest absolute Gasteiger partial charge is 0.319 e. The van der Waals surface area contributed by atoms with Crippen molar-refractivity contribution < 1.29 is 14.6 Å². The molecule has 2 aromatic rings. The van der Waals surface area contributed by atoms with E-state index in [-0.39, 0.29) is 24.2 Å². The van der Waals surface area contributed by atoms with Gasteiger partial charge in [0.1, 0.15) is 11.9 Å². The van der Waals surface area contributed by atoms with Gasteiger partial charge < -0.3 is 20.5 Å². The number of para-hydroxylation sites is 2. The first-order chi connectivity index (χ1) is 12.1. The molecule has 1 atom stereocenters. The summed E-state index contributed by atoms with van der Waals surface area (Å²) in [7, 11) is 0. The van der Waals surface area contributed by atoms with E-state index in [2.05, 4.69) is 10.6 Å². The van der Waals surface area contributed by atoms with Crippen LogP contribution in [0.3, 0.4) is 0 Å². The zero-order valence-electron chi connectivity index (χ0n) is 14.4. The molecule has 1 aliphatic carbocycles.